The lowest BCUT2D eigenvalue weighted by atomic mass is 10.1. The molecule has 7 nitrogen and oxygen atoms in total. The molecular formula is C13H13BrN4O3S. The number of nitrogens with two attached hydrogens (primary N) is 1. The van der Waals surface area contributed by atoms with E-state index < -0.39 is 10.0 Å². The van der Waals surface area contributed by atoms with Crippen LogP contribution >= 0.6 is 15.9 Å². The van der Waals surface area contributed by atoms with Crippen LogP contribution in [0.25, 0.3) is 10.9 Å². The molecule has 0 aliphatic carbocycles. The molecule has 1 aliphatic heterocycles. The van der Waals surface area contributed by atoms with Gasteiger partial charge in [-0.15, -0.1) is 0 Å². The van der Waals surface area contributed by atoms with Gasteiger partial charge in [-0.1, -0.05) is 15.9 Å². The number of rotatable bonds is 3. The van der Waals surface area contributed by atoms with Gasteiger partial charge in [0.05, 0.1) is 11.3 Å². The zero-order valence-corrected chi connectivity index (χ0v) is 13.8. The van der Waals surface area contributed by atoms with Crippen LogP contribution < -0.4 is 10.0 Å². The first-order chi connectivity index (χ1) is 10.3. The summed E-state index contributed by atoms with van der Waals surface area (Å²) in [7, 11) is -3.60. The van der Waals surface area contributed by atoms with Crippen molar-refractivity contribution in [3.63, 3.8) is 0 Å². The first kappa shape index (κ1) is 15.3. The highest BCUT2D eigenvalue weighted by molar-refractivity contribution is 9.10. The third kappa shape index (κ3) is 3.11. The van der Waals surface area contributed by atoms with Crippen LogP contribution in [0.1, 0.15) is 6.42 Å². The summed E-state index contributed by atoms with van der Waals surface area (Å²) in [5, 5.41) is 5.80. The number of sulfonamides is 1. The maximum absolute atomic E-state index is 12.2. The monoisotopic (exact) mass is 384 g/mol. The Labute approximate surface area is 135 Å². The summed E-state index contributed by atoms with van der Waals surface area (Å²) in [4.78, 5) is 22.1. The van der Waals surface area contributed by atoms with Gasteiger partial charge in [-0.25, -0.2) is 23.5 Å². The minimum atomic E-state index is -3.60. The molecule has 2 N–H and O–H groups in total. The van der Waals surface area contributed by atoms with Crippen molar-refractivity contribution < 1.29 is 13.2 Å². The van der Waals surface area contributed by atoms with E-state index in [1.54, 1.807) is 0 Å². The first-order valence-corrected chi connectivity index (χ1v) is 9.05. The lowest BCUT2D eigenvalue weighted by molar-refractivity contribution is -0.117. The Bertz CT molecular complexity index is 855. The van der Waals surface area contributed by atoms with Crippen molar-refractivity contribution in [2.24, 2.45) is 11.1 Å². The van der Waals surface area contributed by atoms with Gasteiger partial charge in [0.1, 0.15) is 12.1 Å². The standard InChI is InChI=1S/C13H13BrN4O3S/c14-9-1-2-11-10(4-9)13(17-7-16-11)18-5-8(3-12(18)19)6-22(15,20)21/h1-2,4,7-8H,3,5-6H2,(H2,15,20,21). The Kier molecular flexibility index (Phi) is 3.87. The van der Waals surface area contributed by atoms with E-state index in [2.05, 4.69) is 25.9 Å². The van der Waals surface area contributed by atoms with Crippen LogP contribution in [-0.4, -0.2) is 36.6 Å². The largest absolute Gasteiger partial charge is 0.296 e. The smallest absolute Gasteiger partial charge is 0.228 e. The van der Waals surface area contributed by atoms with Gasteiger partial charge in [-0.3, -0.25) is 9.69 Å². The van der Waals surface area contributed by atoms with Gasteiger partial charge in [0.15, 0.2) is 0 Å². The molecule has 1 aliphatic rings. The predicted octanol–water partition coefficient (Wildman–Crippen LogP) is 1.03. The molecule has 0 saturated carbocycles. The fourth-order valence-electron chi connectivity index (χ4n) is 2.66. The van der Waals surface area contributed by atoms with Gasteiger partial charge in [-0.05, 0) is 18.2 Å². The number of carbonyl (C=O) groups is 1. The van der Waals surface area contributed by atoms with Gasteiger partial charge < -0.3 is 0 Å². The summed E-state index contributed by atoms with van der Waals surface area (Å²) in [6.07, 6.45) is 1.54. The van der Waals surface area contributed by atoms with E-state index in [0.717, 1.165) is 15.4 Å². The molecule has 0 radical (unpaired) electrons. The van der Waals surface area contributed by atoms with Gasteiger partial charge in [0, 0.05) is 28.7 Å². The van der Waals surface area contributed by atoms with Gasteiger partial charge in [-0.2, -0.15) is 0 Å². The third-order valence-electron chi connectivity index (χ3n) is 3.51. The summed E-state index contributed by atoms with van der Waals surface area (Å²) in [6, 6.07) is 5.52. The fraction of sp³-hybridized carbons (Fsp3) is 0.308. The molecule has 116 valence electrons. The summed E-state index contributed by atoms with van der Waals surface area (Å²) in [6.45, 7) is 0.286. The number of primary sulfonamides is 1. The van der Waals surface area contributed by atoms with E-state index in [1.807, 2.05) is 18.2 Å². The molecular weight excluding hydrogens is 372 g/mol. The second-order valence-corrected chi connectivity index (χ2v) is 7.84. The zero-order chi connectivity index (χ0) is 15.9. The minimum absolute atomic E-state index is 0.149. The maximum Gasteiger partial charge on any atom is 0.228 e. The predicted molar refractivity (Wildman–Crippen MR) is 85.7 cm³/mol. The second kappa shape index (κ2) is 5.56. The molecule has 1 unspecified atom stereocenters. The van der Waals surface area contributed by atoms with Crippen molar-refractivity contribution in [2.45, 2.75) is 6.42 Å². The van der Waals surface area contributed by atoms with Gasteiger partial charge in [0.25, 0.3) is 0 Å². The number of benzene rings is 1. The summed E-state index contributed by atoms with van der Waals surface area (Å²) < 4.78 is 23.3. The quantitative estimate of drug-likeness (QED) is 0.850. The third-order valence-corrected chi connectivity index (χ3v) is 4.93. The van der Waals surface area contributed by atoms with Crippen LogP contribution in [0.3, 0.4) is 0 Å². The Balaban J connectivity index is 1.98. The highest BCUT2D eigenvalue weighted by atomic mass is 79.9. The number of amides is 1. The van der Waals surface area contributed by atoms with Gasteiger partial charge in [0.2, 0.25) is 15.9 Å². The number of carbonyl (C=O) groups excluding carboxylic acids is 1. The van der Waals surface area contributed by atoms with Gasteiger partial charge >= 0.3 is 0 Å². The van der Waals surface area contributed by atoms with Crippen LogP contribution in [0.5, 0.6) is 0 Å². The SMILES string of the molecule is NS(=O)(=O)CC1CC(=O)N(c2ncnc3ccc(Br)cc23)C1. The molecule has 1 aromatic heterocycles. The molecule has 3 rings (SSSR count). The number of aromatic nitrogens is 2. The highest BCUT2D eigenvalue weighted by Crippen LogP contribution is 2.30. The molecule has 1 atom stereocenters. The Morgan fingerprint density at radius 1 is 1.36 bits per heavy atom. The molecule has 0 spiro atoms. The summed E-state index contributed by atoms with van der Waals surface area (Å²) in [5.74, 6) is -0.191. The fourth-order valence-corrected chi connectivity index (χ4v) is 3.90. The van der Waals surface area contributed by atoms with Crippen molar-refractivity contribution >= 4 is 48.6 Å². The van der Waals surface area contributed by atoms with Crippen LogP contribution in [0, 0.1) is 5.92 Å². The van der Waals surface area contributed by atoms with Crippen molar-refractivity contribution in [2.75, 3.05) is 17.2 Å². The van der Waals surface area contributed by atoms with E-state index in [1.165, 1.54) is 11.2 Å². The molecule has 2 aromatic rings. The number of nitrogens with zero attached hydrogens (tertiary/aromatic N) is 3. The Morgan fingerprint density at radius 3 is 2.86 bits per heavy atom. The first-order valence-electron chi connectivity index (χ1n) is 6.54. The van der Waals surface area contributed by atoms with E-state index in [0.29, 0.717) is 5.82 Å². The number of hydrogen-bond donors (Lipinski definition) is 1. The molecule has 1 amide bonds. The molecule has 22 heavy (non-hydrogen) atoms. The van der Waals surface area contributed by atoms with E-state index in [-0.39, 0.29) is 30.5 Å². The highest BCUT2D eigenvalue weighted by Gasteiger charge is 2.34. The molecule has 0 bridgehead atoms. The van der Waals surface area contributed by atoms with Crippen molar-refractivity contribution in [1.82, 2.24) is 9.97 Å². The Hall–Kier alpha value is -1.58. The lowest BCUT2D eigenvalue weighted by Gasteiger charge is -2.17. The average Bonchev–Trinajstić information content (AvgIpc) is 2.76. The number of hydrogen-bond acceptors (Lipinski definition) is 5. The van der Waals surface area contributed by atoms with Crippen LogP contribution in [0.15, 0.2) is 29.0 Å². The summed E-state index contributed by atoms with van der Waals surface area (Å²) >= 11 is 3.39. The number of fused-ring (bicyclic) bond motifs is 1. The number of halogens is 1. The summed E-state index contributed by atoms with van der Waals surface area (Å²) in [5.41, 5.74) is 0.718. The van der Waals surface area contributed by atoms with E-state index in [4.69, 9.17) is 5.14 Å². The average molecular weight is 385 g/mol. The lowest BCUT2D eigenvalue weighted by Crippen LogP contribution is -2.28. The van der Waals surface area contributed by atoms with Crippen molar-refractivity contribution in [1.29, 1.82) is 0 Å². The van der Waals surface area contributed by atoms with Crippen LogP contribution in [-0.2, 0) is 14.8 Å². The van der Waals surface area contributed by atoms with Crippen molar-refractivity contribution in [3.05, 3.63) is 29.0 Å². The second-order valence-electron chi connectivity index (χ2n) is 5.26. The van der Waals surface area contributed by atoms with E-state index >= 15 is 0 Å². The molecule has 1 aromatic carbocycles. The molecule has 9 heteroatoms. The van der Waals surface area contributed by atoms with Crippen molar-refractivity contribution in [3.8, 4) is 0 Å². The zero-order valence-electron chi connectivity index (χ0n) is 11.4. The number of anilines is 1. The molecule has 1 fully saturated rings. The van der Waals surface area contributed by atoms with Crippen LogP contribution in [0.4, 0.5) is 5.82 Å². The minimum Gasteiger partial charge on any atom is -0.296 e. The normalized spacial score (nSPS) is 19.1. The van der Waals surface area contributed by atoms with Crippen LogP contribution in [0.2, 0.25) is 0 Å². The topological polar surface area (TPSA) is 106 Å². The van der Waals surface area contributed by atoms with E-state index in [9.17, 15) is 13.2 Å². The molecule has 1 saturated heterocycles. The maximum atomic E-state index is 12.2. The molecule has 2 heterocycles. The Morgan fingerprint density at radius 2 is 2.14 bits per heavy atom.